The normalized spacial score (nSPS) is 15.5. The fourth-order valence-electron chi connectivity index (χ4n) is 1.03. The van der Waals surface area contributed by atoms with Crippen LogP contribution < -0.4 is 5.73 Å². The van der Waals surface area contributed by atoms with E-state index in [9.17, 15) is 5.11 Å². The Kier molecular flexibility index (Phi) is 3.74. The van der Waals surface area contributed by atoms with Gasteiger partial charge in [-0.25, -0.2) is 0 Å². The summed E-state index contributed by atoms with van der Waals surface area (Å²) in [4.78, 5) is 0. The number of hydrogen-bond acceptors (Lipinski definition) is 2. The summed E-state index contributed by atoms with van der Waals surface area (Å²) in [6, 6.07) is 4.93. The third-order valence-electron chi connectivity index (χ3n) is 1.84. The van der Waals surface area contributed by atoms with Gasteiger partial charge in [0.2, 0.25) is 0 Å². The van der Waals surface area contributed by atoms with E-state index in [-0.39, 0.29) is 0 Å². The third kappa shape index (κ3) is 2.68. The molecular formula is C9H11BrClNO. The maximum absolute atomic E-state index is 9.30. The molecule has 0 saturated heterocycles. The number of aliphatic hydroxyl groups is 1. The molecule has 4 heteroatoms. The Hall–Kier alpha value is -0.0900. The molecule has 0 aliphatic rings. The van der Waals surface area contributed by atoms with Gasteiger partial charge in [0.1, 0.15) is 0 Å². The first-order valence-corrected chi connectivity index (χ1v) is 5.08. The van der Waals surface area contributed by atoms with Crippen molar-refractivity contribution in [1.82, 2.24) is 0 Å². The van der Waals surface area contributed by atoms with Gasteiger partial charge in [-0.2, -0.15) is 0 Å². The van der Waals surface area contributed by atoms with Crippen LogP contribution in [0.4, 0.5) is 0 Å². The standard InChI is InChI=1S/C9H11BrClNO/c1-5(13)9(12)7-4-6(11)2-3-8(7)10/h2-5,9,13H,12H2,1H3/t5-,9-/m1/s1. The zero-order valence-electron chi connectivity index (χ0n) is 7.17. The van der Waals surface area contributed by atoms with E-state index in [4.69, 9.17) is 17.3 Å². The summed E-state index contributed by atoms with van der Waals surface area (Å²) in [7, 11) is 0. The monoisotopic (exact) mass is 263 g/mol. The summed E-state index contributed by atoms with van der Waals surface area (Å²) < 4.78 is 0.866. The molecule has 2 atom stereocenters. The van der Waals surface area contributed by atoms with Crippen LogP contribution in [0.15, 0.2) is 22.7 Å². The second-order valence-corrected chi connectivity index (χ2v) is 4.22. The van der Waals surface area contributed by atoms with E-state index in [0.29, 0.717) is 5.02 Å². The van der Waals surface area contributed by atoms with Crippen molar-refractivity contribution in [2.45, 2.75) is 19.1 Å². The van der Waals surface area contributed by atoms with Gasteiger partial charge in [-0.05, 0) is 30.7 Å². The summed E-state index contributed by atoms with van der Waals surface area (Å²) in [6.07, 6.45) is -0.588. The van der Waals surface area contributed by atoms with Crippen LogP contribution in [-0.2, 0) is 0 Å². The quantitative estimate of drug-likeness (QED) is 0.862. The predicted molar refractivity (Wildman–Crippen MR) is 57.8 cm³/mol. The average Bonchev–Trinajstić information content (AvgIpc) is 2.08. The molecule has 1 aromatic rings. The Bertz CT molecular complexity index is 304. The van der Waals surface area contributed by atoms with E-state index in [1.165, 1.54) is 0 Å². The Morgan fingerprint density at radius 1 is 1.54 bits per heavy atom. The fraction of sp³-hybridized carbons (Fsp3) is 0.333. The molecule has 72 valence electrons. The van der Waals surface area contributed by atoms with Crippen molar-refractivity contribution in [3.63, 3.8) is 0 Å². The molecule has 0 heterocycles. The van der Waals surface area contributed by atoms with Crippen molar-refractivity contribution in [2.24, 2.45) is 5.73 Å². The number of hydrogen-bond donors (Lipinski definition) is 2. The lowest BCUT2D eigenvalue weighted by Crippen LogP contribution is -2.23. The van der Waals surface area contributed by atoms with Crippen LogP contribution in [0.3, 0.4) is 0 Å². The van der Waals surface area contributed by atoms with Gasteiger partial charge in [0.05, 0.1) is 12.1 Å². The topological polar surface area (TPSA) is 46.2 Å². The Morgan fingerprint density at radius 3 is 2.69 bits per heavy atom. The predicted octanol–water partition coefficient (Wildman–Crippen LogP) is 2.48. The van der Waals surface area contributed by atoms with Gasteiger partial charge in [0.25, 0.3) is 0 Å². The molecule has 0 saturated carbocycles. The lowest BCUT2D eigenvalue weighted by molar-refractivity contribution is 0.164. The highest BCUT2D eigenvalue weighted by Gasteiger charge is 2.14. The molecule has 0 bridgehead atoms. The van der Waals surface area contributed by atoms with Crippen LogP contribution in [0.25, 0.3) is 0 Å². The lowest BCUT2D eigenvalue weighted by atomic mass is 10.0. The van der Waals surface area contributed by atoms with E-state index < -0.39 is 12.1 Å². The smallest absolute Gasteiger partial charge is 0.0705 e. The van der Waals surface area contributed by atoms with Crippen LogP contribution in [0.2, 0.25) is 5.02 Å². The number of nitrogens with two attached hydrogens (primary N) is 1. The van der Waals surface area contributed by atoms with Crippen LogP contribution in [-0.4, -0.2) is 11.2 Å². The molecule has 0 aromatic heterocycles. The minimum atomic E-state index is -0.588. The van der Waals surface area contributed by atoms with E-state index in [1.807, 2.05) is 6.07 Å². The minimum Gasteiger partial charge on any atom is -0.391 e. The van der Waals surface area contributed by atoms with Crippen molar-refractivity contribution in [2.75, 3.05) is 0 Å². The SMILES string of the molecule is C[C@@H](O)[C@@H](N)c1cc(Cl)ccc1Br. The maximum atomic E-state index is 9.30. The zero-order valence-corrected chi connectivity index (χ0v) is 9.51. The van der Waals surface area contributed by atoms with Gasteiger partial charge >= 0.3 is 0 Å². The second-order valence-electron chi connectivity index (χ2n) is 2.93. The van der Waals surface area contributed by atoms with Gasteiger partial charge in [-0.15, -0.1) is 0 Å². The number of halogens is 2. The van der Waals surface area contributed by atoms with Gasteiger partial charge < -0.3 is 10.8 Å². The van der Waals surface area contributed by atoms with Crippen molar-refractivity contribution < 1.29 is 5.11 Å². The van der Waals surface area contributed by atoms with Crippen LogP contribution in [0.5, 0.6) is 0 Å². The molecule has 0 radical (unpaired) electrons. The highest BCUT2D eigenvalue weighted by molar-refractivity contribution is 9.10. The third-order valence-corrected chi connectivity index (χ3v) is 2.79. The van der Waals surface area contributed by atoms with Crippen molar-refractivity contribution in [3.05, 3.63) is 33.3 Å². The van der Waals surface area contributed by atoms with Crippen LogP contribution >= 0.6 is 27.5 Å². The molecule has 1 aromatic carbocycles. The second kappa shape index (κ2) is 4.42. The molecule has 1 rings (SSSR count). The molecule has 0 fully saturated rings. The number of aliphatic hydroxyl groups excluding tert-OH is 1. The number of rotatable bonds is 2. The molecule has 0 amide bonds. The highest BCUT2D eigenvalue weighted by Crippen LogP contribution is 2.26. The minimum absolute atomic E-state index is 0.409. The van der Waals surface area contributed by atoms with E-state index >= 15 is 0 Å². The van der Waals surface area contributed by atoms with Crippen molar-refractivity contribution in [3.8, 4) is 0 Å². The largest absolute Gasteiger partial charge is 0.391 e. The van der Waals surface area contributed by atoms with Gasteiger partial charge in [0.15, 0.2) is 0 Å². The van der Waals surface area contributed by atoms with Crippen LogP contribution in [0.1, 0.15) is 18.5 Å². The summed E-state index contributed by atoms with van der Waals surface area (Å²) >= 11 is 9.16. The van der Waals surface area contributed by atoms with Crippen LogP contribution in [0, 0.1) is 0 Å². The first kappa shape index (κ1) is 11.0. The molecule has 2 nitrogen and oxygen atoms in total. The van der Waals surface area contributed by atoms with E-state index in [1.54, 1.807) is 19.1 Å². The Balaban J connectivity index is 3.05. The summed E-state index contributed by atoms with van der Waals surface area (Å²) in [5, 5.41) is 9.92. The molecule has 13 heavy (non-hydrogen) atoms. The summed E-state index contributed by atoms with van der Waals surface area (Å²) in [6.45, 7) is 1.65. The first-order valence-electron chi connectivity index (χ1n) is 3.91. The molecule has 0 unspecified atom stereocenters. The maximum Gasteiger partial charge on any atom is 0.0705 e. The lowest BCUT2D eigenvalue weighted by Gasteiger charge is -2.16. The Labute approximate surface area is 90.8 Å². The average molecular weight is 265 g/mol. The molecule has 0 aliphatic carbocycles. The molecule has 0 spiro atoms. The summed E-state index contributed by atoms with van der Waals surface area (Å²) in [5.41, 5.74) is 6.59. The number of benzene rings is 1. The molecule has 3 N–H and O–H groups in total. The highest BCUT2D eigenvalue weighted by atomic mass is 79.9. The molecule has 0 aliphatic heterocycles. The van der Waals surface area contributed by atoms with Crippen molar-refractivity contribution in [1.29, 1.82) is 0 Å². The molecular weight excluding hydrogens is 253 g/mol. The first-order chi connectivity index (χ1) is 6.02. The van der Waals surface area contributed by atoms with E-state index in [2.05, 4.69) is 15.9 Å². The van der Waals surface area contributed by atoms with Gasteiger partial charge in [-0.3, -0.25) is 0 Å². The van der Waals surface area contributed by atoms with Gasteiger partial charge in [0, 0.05) is 9.50 Å². The fourth-order valence-corrected chi connectivity index (χ4v) is 1.72. The summed E-state index contributed by atoms with van der Waals surface area (Å²) in [5.74, 6) is 0. The van der Waals surface area contributed by atoms with Crippen molar-refractivity contribution >= 4 is 27.5 Å². The van der Waals surface area contributed by atoms with E-state index in [0.717, 1.165) is 10.0 Å². The van der Waals surface area contributed by atoms with Gasteiger partial charge in [-0.1, -0.05) is 27.5 Å². The Morgan fingerprint density at radius 2 is 2.15 bits per heavy atom. The zero-order chi connectivity index (χ0) is 10.0.